The van der Waals surface area contributed by atoms with Gasteiger partial charge in [-0.2, -0.15) is 5.10 Å². The third-order valence-electron chi connectivity index (χ3n) is 4.80. The monoisotopic (exact) mass is 385 g/mol. The summed E-state index contributed by atoms with van der Waals surface area (Å²) in [6, 6.07) is 27.3. The second-order valence-electron chi connectivity index (χ2n) is 6.75. The number of aromatic nitrogens is 2. The van der Waals surface area contributed by atoms with E-state index in [0.717, 1.165) is 11.1 Å². The van der Waals surface area contributed by atoms with Gasteiger partial charge < -0.3 is 5.32 Å². The van der Waals surface area contributed by atoms with Crippen LogP contribution in [0.1, 0.15) is 27.7 Å². The van der Waals surface area contributed by atoms with Crippen LogP contribution in [0, 0.1) is 5.82 Å². The van der Waals surface area contributed by atoms with E-state index in [1.165, 1.54) is 10.7 Å². The lowest BCUT2D eigenvalue weighted by atomic mass is 9.98. The molecule has 0 atom stereocenters. The van der Waals surface area contributed by atoms with Crippen LogP contribution >= 0.6 is 0 Å². The zero-order valence-electron chi connectivity index (χ0n) is 15.9. The number of aryl methyl sites for hydroxylation is 1. The Morgan fingerprint density at radius 2 is 1.45 bits per heavy atom. The summed E-state index contributed by atoms with van der Waals surface area (Å²) in [4.78, 5) is 13.1. The molecule has 0 saturated heterocycles. The normalized spacial score (nSPS) is 10.9. The third kappa shape index (κ3) is 3.94. The standard InChI is InChI=1S/C24H20FN3O/c1-28-22(16-21(27-28)19-14-8-9-15-20(19)25)24(29)26-23(17-10-4-2-5-11-17)18-12-6-3-7-13-18/h2-16,23H,1H3,(H,26,29). The molecule has 4 rings (SSSR count). The van der Waals surface area contributed by atoms with E-state index in [0.29, 0.717) is 17.0 Å². The lowest BCUT2D eigenvalue weighted by Crippen LogP contribution is -2.30. The van der Waals surface area contributed by atoms with Crippen molar-refractivity contribution in [3.8, 4) is 11.3 Å². The highest BCUT2D eigenvalue weighted by atomic mass is 19.1. The van der Waals surface area contributed by atoms with Gasteiger partial charge in [0.05, 0.1) is 11.7 Å². The Labute approximate surface area is 168 Å². The molecule has 5 heteroatoms. The van der Waals surface area contributed by atoms with Crippen molar-refractivity contribution in [2.24, 2.45) is 7.05 Å². The molecule has 0 aliphatic heterocycles. The molecule has 0 aliphatic carbocycles. The lowest BCUT2D eigenvalue weighted by molar-refractivity contribution is 0.0933. The van der Waals surface area contributed by atoms with Gasteiger partial charge in [-0.25, -0.2) is 4.39 Å². The zero-order valence-corrected chi connectivity index (χ0v) is 15.9. The number of carbonyl (C=O) groups is 1. The second-order valence-corrected chi connectivity index (χ2v) is 6.75. The minimum Gasteiger partial charge on any atom is -0.340 e. The predicted molar refractivity (Wildman–Crippen MR) is 111 cm³/mol. The van der Waals surface area contributed by atoms with Crippen LogP contribution in [-0.4, -0.2) is 15.7 Å². The number of hydrogen-bond donors (Lipinski definition) is 1. The first-order chi connectivity index (χ1) is 14.1. The van der Waals surface area contributed by atoms with Gasteiger partial charge in [0.15, 0.2) is 0 Å². The van der Waals surface area contributed by atoms with Gasteiger partial charge in [0.25, 0.3) is 5.91 Å². The molecule has 4 aromatic rings. The Balaban J connectivity index is 1.66. The minimum absolute atomic E-state index is 0.278. The topological polar surface area (TPSA) is 46.9 Å². The van der Waals surface area contributed by atoms with Crippen LogP contribution in [0.25, 0.3) is 11.3 Å². The van der Waals surface area contributed by atoms with Crippen molar-refractivity contribution in [2.45, 2.75) is 6.04 Å². The first-order valence-electron chi connectivity index (χ1n) is 9.33. The van der Waals surface area contributed by atoms with E-state index in [4.69, 9.17) is 0 Å². The van der Waals surface area contributed by atoms with E-state index < -0.39 is 0 Å². The SMILES string of the molecule is Cn1nc(-c2ccccc2F)cc1C(=O)NC(c1ccccc1)c1ccccc1. The molecule has 0 aliphatic rings. The fourth-order valence-corrected chi connectivity index (χ4v) is 3.34. The quantitative estimate of drug-likeness (QED) is 0.539. The molecule has 1 aromatic heterocycles. The number of nitrogens with one attached hydrogen (secondary N) is 1. The molecule has 144 valence electrons. The van der Waals surface area contributed by atoms with E-state index in [9.17, 15) is 9.18 Å². The summed E-state index contributed by atoms with van der Waals surface area (Å²) >= 11 is 0. The number of rotatable bonds is 5. The highest BCUT2D eigenvalue weighted by Crippen LogP contribution is 2.24. The summed E-state index contributed by atoms with van der Waals surface area (Å²) < 4.78 is 15.6. The molecular weight excluding hydrogens is 365 g/mol. The van der Waals surface area contributed by atoms with E-state index in [-0.39, 0.29) is 17.8 Å². The summed E-state index contributed by atoms with van der Waals surface area (Å²) in [5, 5.41) is 7.42. The smallest absolute Gasteiger partial charge is 0.270 e. The maximum atomic E-state index is 14.1. The van der Waals surface area contributed by atoms with Crippen LogP contribution in [0.4, 0.5) is 4.39 Å². The molecule has 1 heterocycles. The molecule has 4 nitrogen and oxygen atoms in total. The maximum absolute atomic E-state index is 14.1. The molecule has 0 fully saturated rings. The minimum atomic E-state index is -0.371. The van der Waals surface area contributed by atoms with Crippen LogP contribution in [-0.2, 0) is 7.05 Å². The van der Waals surface area contributed by atoms with Crippen LogP contribution < -0.4 is 5.32 Å². The number of halogens is 1. The van der Waals surface area contributed by atoms with Crippen LogP contribution in [0.3, 0.4) is 0 Å². The van der Waals surface area contributed by atoms with Gasteiger partial charge in [-0.15, -0.1) is 0 Å². The Morgan fingerprint density at radius 1 is 0.897 bits per heavy atom. The Kier molecular flexibility index (Phi) is 5.20. The van der Waals surface area contributed by atoms with Gasteiger partial charge in [0.1, 0.15) is 11.5 Å². The van der Waals surface area contributed by atoms with Gasteiger partial charge in [-0.1, -0.05) is 72.8 Å². The van der Waals surface area contributed by atoms with Crippen molar-refractivity contribution < 1.29 is 9.18 Å². The van der Waals surface area contributed by atoms with Gasteiger partial charge in [-0.3, -0.25) is 9.48 Å². The number of carbonyl (C=O) groups excluding carboxylic acids is 1. The highest BCUT2D eigenvalue weighted by Gasteiger charge is 2.21. The van der Waals surface area contributed by atoms with E-state index in [1.54, 1.807) is 31.3 Å². The summed E-state index contributed by atoms with van der Waals surface area (Å²) in [6.07, 6.45) is 0. The second kappa shape index (κ2) is 8.10. The summed E-state index contributed by atoms with van der Waals surface area (Å²) in [5.74, 6) is -0.649. The first-order valence-corrected chi connectivity index (χ1v) is 9.33. The van der Waals surface area contributed by atoms with Crippen molar-refractivity contribution in [1.29, 1.82) is 0 Å². The average molecular weight is 385 g/mol. The number of amides is 1. The zero-order chi connectivity index (χ0) is 20.2. The van der Waals surface area contributed by atoms with E-state index >= 15 is 0 Å². The van der Waals surface area contributed by atoms with Crippen LogP contribution in [0.15, 0.2) is 91.0 Å². The largest absolute Gasteiger partial charge is 0.340 e. The summed E-state index contributed by atoms with van der Waals surface area (Å²) in [6.45, 7) is 0. The van der Waals surface area contributed by atoms with Crippen molar-refractivity contribution >= 4 is 5.91 Å². The van der Waals surface area contributed by atoms with Crippen molar-refractivity contribution in [3.05, 3.63) is 114 Å². The number of nitrogens with zero attached hydrogens (tertiary/aromatic N) is 2. The Bertz CT molecular complexity index is 1080. The number of benzene rings is 3. The molecule has 0 saturated carbocycles. The fraction of sp³-hybridized carbons (Fsp3) is 0.0833. The third-order valence-corrected chi connectivity index (χ3v) is 4.80. The molecule has 1 N–H and O–H groups in total. The summed E-state index contributed by atoms with van der Waals surface area (Å²) in [7, 11) is 1.68. The lowest BCUT2D eigenvalue weighted by Gasteiger charge is -2.20. The summed E-state index contributed by atoms with van der Waals surface area (Å²) in [5.41, 5.74) is 3.10. The first kappa shape index (κ1) is 18.6. The molecule has 3 aromatic carbocycles. The Hall–Kier alpha value is -3.73. The molecule has 0 spiro atoms. The molecule has 29 heavy (non-hydrogen) atoms. The Morgan fingerprint density at radius 3 is 2.03 bits per heavy atom. The molecule has 0 unspecified atom stereocenters. The molecule has 0 bridgehead atoms. The molecular formula is C24H20FN3O. The van der Waals surface area contributed by atoms with E-state index in [2.05, 4.69) is 10.4 Å². The number of hydrogen-bond acceptors (Lipinski definition) is 2. The van der Waals surface area contributed by atoms with Gasteiger partial charge in [0.2, 0.25) is 0 Å². The van der Waals surface area contributed by atoms with Crippen molar-refractivity contribution in [3.63, 3.8) is 0 Å². The fourth-order valence-electron chi connectivity index (χ4n) is 3.34. The molecule has 0 radical (unpaired) electrons. The van der Waals surface area contributed by atoms with E-state index in [1.807, 2.05) is 60.7 Å². The average Bonchev–Trinajstić information content (AvgIpc) is 3.15. The highest BCUT2D eigenvalue weighted by molar-refractivity contribution is 5.94. The maximum Gasteiger partial charge on any atom is 0.270 e. The predicted octanol–water partition coefficient (Wildman–Crippen LogP) is 4.75. The van der Waals surface area contributed by atoms with Gasteiger partial charge >= 0.3 is 0 Å². The molecule has 1 amide bonds. The van der Waals surface area contributed by atoms with Gasteiger partial charge in [0, 0.05) is 12.6 Å². The van der Waals surface area contributed by atoms with Gasteiger partial charge in [-0.05, 0) is 29.3 Å². The van der Waals surface area contributed by atoms with Crippen LogP contribution in [0.5, 0.6) is 0 Å². The van der Waals surface area contributed by atoms with Crippen LogP contribution in [0.2, 0.25) is 0 Å². The van der Waals surface area contributed by atoms with Crippen molar-refractivity contribution in [2.75, 3.05) is 0 Å². The van der Waals surface area contributed by atoms with Crippen molar-refractivity contribution in [1.82, 2.24) is 15.1 Å².